The van der Waals surface area contributed by atoms with Crippen LogP contribution in [-0.4, -0.2) is 60.6 Å². The molecule has 0 fully saturated rings. The average Bonchev–Trinajstić information content (AvgIpc) is 2.78. The first-order valence-electron chi connectivity index (χ1n) is 10.1. The second-order valence-electron chi connectivity index (χ2n) is 6.86. The number of hydrogen-bond donors (Lipinski definition) is 1. The Balaban J connectivity index is 2.12. The monoisotopic (exact) mass is 462 g/mol. The molecule has 10 heteroatoms. The van der Waals surface area contributed by atoms with Crippen LogP contribution in [0.2, 0.25) is 0 Å². The third-order valence-corrected chi connectivity index (χ3v) is 5.89. The van der Waals surface area contributed by atoms with Crippen LogP contribution in [0.3, 0.4) is 0 Å². The van der Waals surface area contributed by atoms with E-state index >= 15 is 0 Å². The van der Waals surface area contributed by atoms with E-state index in [1.165, 1.54) is 26.5 Å². The minimum Gasteiger partial charge on any atom is -0.497 e. The van der Waals surface area contributed by atoms with Gasteiger partial charge in [-0.1, -0.05) is 12.1 Å². The molecule has 0 aliphatic rings. The van der Waals surface area contributed by atoms with Crippen molar-refractivity contribution in [2.24, 2.45) is 5.10 Å². The highest BCUT2D eigenvalue weighted by molar-refractivity contribution is 7.92. The summed E-state index contributed by atoms with van der Waals surface area (Å²) in [5.41, 5.74) is 4.47. The SMILES string of the molecule is CCN(CC)c1ccc(/C=N\NC(=O)CN(c2cc(OC)ccc2OC)S(C)(=O)=O)cc1. The van der Waals surface area contributed by atoms with Crippen LogP contribution in [0, 0.1) is 0 Å². The zero-order valence-corrected chi connectivity index (χ0v) is 19.8. The van der Waals surface area contributed by atoms with Crippen molar-refractivity contribution in [3.63, 3.8) is 0 Å². The lowest BCUT2D eigenvalue weighted by Gasteiger charge is -2.23. The molecule has 2 aromatic rings. The number of carbonyl (C=O) groups excluding carboxylic acids is 1. The Morgan fingerprint density at radius 2 is 1.72 bits per heavy atom. The minimum absolute atomic E-state index is 0.195. The van der Waals surface area contributed by atoms with Gasteiger partial charge < -0.3 is 14.4 Å². The van der Waals surface area contributed by atoms with Gasteiger partial charge in [-0.3, -0.25) is 9.10 Å². The molecule has 1 N–H and O–H groups in total. The van der Waals surface area contributed by atoms with E-state index in [2.05, 4.69) is 29.3 Å². The smallest absolute Gasteiger partial charge is 0.260 e. The predicted molar refractivity (Wildman–Crippen MR) is 127 cm³/mol. The highest BCUT2D eigenvalue weighted by Gasteiger charge is 2.24. The van der Waals surface area contributed by atoms with Crippen molar-refractivity contribution in [2.75, 3.05) is 49.3 Å². The van der Waals surface area contributed by atoms with Crippen molar-refractivity contribution in [2.45, 2.75) is 13.8 Å². The second-order valence-corrected chi connectivity index (χ2v) is 8.77. The Hall–Kier alpha value is -3.27. The van der Waals surface area contributed by atoms with Gasteiger partial charge in [0.1, 0.15) is 18.0 Å². The van der Waals surface area contributed by atoms with E-state index in [1.54, 1.807) is 12.1 Å². The molecule has 0 saturated heterocycles. The molecule has 174 valence electrons. The molecule has 0 unspecified atom stereocenters. The van der Waals surface area contributed by atoms with E-state index in [1.807, 2.05) is 24.3 Å². The first kappa shape index (κ1) is 25.0. The maximum atomic E-state index is 12.4. The lowest BCUT2D eigenvalue weighted by molar-refractivity contribution is -0.119. The quantitative estimate of drug-likeness (QED) is 0.407. The first-order chi connectivity index (χ1) is 15.2. The number of ether oxygens (including phenoxy) is 2. The molecule has 32 heavy (non-hydrogen) atoms. The maximum absolute atomic E-state index is 12.4. The van der Waals surface area contributed by atoms with Crippen molar-refractivity contribution in [3.8, 4) is 11.5 Å². The number of methoxy groups -OCH3 is 2. The fourth-order valence-corrected chi connectivity index (χ4v) is 3.93. The van der Waals surface area contributed by atoms with Crippen molar-refractivity contribution < 1.29 is 22.7 Å². The Bertz CT molecular complexity index is 1030. The van der Waals surface area contributed by atoms with Gasteiger partial charge >= 0.3 is 0 Å². The number of sulfonamides is 1. The maximum Gasteiger partial charge on any atom is 0.260 e. The summed E-state index contributed by atoms with van der Waals surface area (Å²) >= 11 is 0. The number of nitrogens with one attached hydrogen (secondary N) is 1. The summed E-state index contributed by atoms with van der Waals surface area (Å²) in [7, 11) is -0.903. The number of benzene rings is 2. The number of nitrogens with zero attached hydrogens (tertiary/aromatic N) is 3. The first-order valence-corrected chi connectivity index (χ1v) is 11.9. The molecule has 2 aromatic carbocycles. The summed E-state index contributed by atoms with van der Waals surface area (Å²) in [6.07, 6.45) is 2.51. The molecular weight excluding hydrogens is 432 g/mol. The highest BCUT2D eigenvalue weighted by Crippen LogP contribution is 2.33. The van der Waals surface area contributed by atoms with Gasteiger partial charge in [0.25, 0.3) is 5.91 Å². The summed E-state index contributed by atoms with van der Waals surface area (Å²) in [6.45, 7) is 5.54. The van der Waals surface area contributed by atoms with Crippen molar-refractivity contribution in [3.05, 3.63) is 48.0 Å². The predicted octanol–water partition coefficient (Wildman–Crippen LogP) is 2.47. The molecule has 0 aliphatic heterocycles. The Labute approximate surface area is 189 Å². The van der Waals surface area contributed by atoms with E-state index < -0.39 is 22.5 Å². The molecule has 0 atom stereocenters. The Morgan fingerprint density at radius 1 is 1.06 bits per heavy atom. The number of carbonyl (C=O) groups is 1. The fourth-order valence-electron chi connectivity index (χ4n) is 3.08. The van der Waals surface area contributed by atoms with E-state index in [-0.39, 0.29) is 5.69 Å². The minimum atomic E-state index is -3.79. The molecule has 9 nitrogen and oxygen atoms in total. The zero-order chi connectivity index (χ0) is 23.7. The van der Waals surface area contributed by atoms with E-state index in [9.17, 15) is 13.2 Å². The molecular formula is C22H30N4O5S. The van der Waals surface area contributed by atoms with Crippen LogP contribution in [0.25, 0.3) is 0 Å². The summed E-state index contributed by atoms with van der Waals surface area (Å²) in [4.78, 5) is 14.6. The molecule has 0 radical (unpaired) electrons. The Morgan fingerprint density at radius 3 is 2.25 bits per heavy atom. The van der Waals surface area contributed by atoms with Gasteiger partial charge in [0, 0.05) is 24.8 Å². The van der Waals surface area contributed by atoms with Gasteiger partial charge in [0.2, 0.25) is 10.0 Å². The molecule has 2 rings (SSSR count). The van der Waals surface area contributed by atoms with Crippen molar-refractivity contribution in [1.29, 1.82) is 0 Å². The number of rotatable bonds is 11. The van der Waals surface area contributed by atoms with Gasteiger partial charge in [-0.05, 0) is 43.7 Å². The third-order valence-electron chi connectivity index (χ3n) is 4.77. The van der Waals surface area contributed by atoms with E-state index in [4.69, 9.17) is 9.47 Å². The van der Waals surface area contributed by atoms with E-state index in [0.717, 1.165) is 34.9 Å². The third kappa shape index (κ3) is 6.61. The fraction of sp³-hybridized carbons (Fsp3) is 0.364. The van der Waals surface area contributed by atoms with Crippen molar-refractivity contribution in [1.82, 2.24) is 5.43 Å². The van der Waals surface area contributed by atoms with Gasteiger partial charge in [-0.25, -0.2) is 13.8 Å². The van der Waals surface area contributed by atoms with Crippen LogP contribution in [0.5, 0.6) is 11.5 Å². The topological polar surface area (TPSA) is 101 Å². The van der Waals surface area contributed by atoms with Crippen LogP contribution in [0.15, 0.2) is 47.6 Å². The number of anilines is 2. The average molecular weight is 463 g/mol. The lowest BCUT2D eigenvalue weighted by atomic mass is 10.2. The zero-order valence-electron chi connectivity index (χ0n) is 19.0. The van der Waals surface area contributed by atoms with Crippen LogP contribution in [0.1, 0.15) is 19.4 Å². The summed E-state index contributed by atoms with van der Waals surface area (Å²) in [6, 6.07) is 12.5. The highest BCUT2D eigenvalue weighted by atomic mass is 32.2. The van der Waals surface area contributed by atoms with Crippen LogP contribution in [0.4, 0.5) is 11.4 Å². The summed E-state index contributed by atoms with van der Waals surface area (Å²) in [5, 5.41) is 3.95. The molecule has 0 aliphatic carbocycles. The Kier molecular flexibility index (Phi) is 8.89. The molecule has 0 aromatic heterocycles. The molecule has 0 heterocycles. The standard InChI is InChI=1S/C22H30N4O5S/c1-6-25(7-2)18-10-8-17(9-11-18)15-23-24-22(27)16-26(32(5,28)29)20-14-19(30-3)12-13-21(20)31-4/h8-15H,6-7,16H2,1-5H3,(H,24,27)/b23-15-. The second kappa shape index (κ2) is 11.4. The summed E-state index contributed by atoms with van der Waals surface area (Å²) < 4.78 is 36.1. The van der Waals surface area contributed by atoms with Crippen LogP contribution < -0.4 is 24.1 Å². The van der Waals surface area contributed by atoms with Gasteiger partial charge in [-0.2, -0.15) is 5.10 Å². The molecule has 0 saturated carbocycles. The van der Waals surface area contributed by atoms with Crippen molar-refractivity contribution >= 4 is 33.5 Å². The van der Waals surface area contributed by atoms with Gasteiger partial charge in [-0.15, -0.1) is 0 Å². The normalized spacial score (nSPS) is 11.3. The van der Waals surface area contributed by atoms with Crippen LogP contribution >= 0.6 is 0 Å². The van der Waals surface area contributed by atoms with E-state index in [0.29, 0.717) is 11.5 Å². The largest absolute Gasteiger partial charge is 0.497 e. The molecule has 1 amide bonds. The summed E-state index contributed by atoms with van der Waals surface area (Å²) in [5.74, 6) is 0.123. The van der Waals surface area contributed by atoms with Crippen LogP contribution in [-0.2, 0) is 14.8 Å². The number of amides is 1. The molecule has 0 bridgehead atoms. The lowest BCUT2D eigenvalue weighted by Crippen LogP contribution is -2.39. The van der Waals surface area contributed by atoms with Gasteiger partial charge in [0.15, 0.2) is 0 Å². The number of hydrogen-bond acceptors (Lipinski definition) is 7. The van der Waals surface area contributed by atoms with Gasteiger partial charge in [0.05, 0.1) is 32.4 Å². The molecule has 0 spiro atoms. The number of hydrazone groups is 1.